The molecule has 0 aliphatic carbocycles. The molecule has 0 aromatic carbocycles. The second kappa shape index (κ2) is 6.63. The molecule has 1 rings (SSSR count). The first-order valence-corrected chi connectivity index (χ1v) is 5.73. The van der Waals surface area contributed by atoms with Crippen LogP contribution in [0.5, 0.6) is 0 Å². The first kappa shape index (κ1) is 11.3. The summed E-state index contributed by atoms with van der Waals surface area (Å²) in [6, 6.07) is 0. The monoisotopic (exact) mass is 196 g/mol. The van der Waals surface area contributed by atoms with E-state index in [0.29, 0.717) is 0 Å². The molecule has 2 nitrogen and oxygen atoms in total. The van der Waals surface area contributed by atoms with E-state index < -0.39 is 0 Å². The standard InChI is InChI=1S/C12H22NO/c1-3-5-6-11-14-12-8-7-10-13(12)9-4-2/h4H,2-3,5-11H2,1H3/q+1. The number of hydrogen-bond donors (Lipinski definition) is 0. The number of rotatable bonds is 6. The first-order valence-electron chi connectivity index (χ1n) is 5.73. The molecule has 0 saturated heterocycles. The predicted molar refractivity (Wildman–Crippen MR) is 59.9 cm³/mol. The maximum atomic E-state index is 5.76. The van der Waals surface area contributed by atoms with Crippen LogP contribution in [0.15, 0.2) is 12.7 Å². The third-order valence-electron chi connectivity index (χ3n) is 2.54. The van der Waals surface area contributed by atoms with Crippen molar-refractivity contribution in [3.8, 4) is 0 Å². The summed E-state index contributed by atoms with van der Waals surface area (Å²) in [5, 5.41) is 0. The molecule has 1 heterocycles. The quantitative estimate of drug-likeness (QED) is 0.361. The lowest BCUT2D eigenvalue weighted by Crippen LogP contribution is -2.18. The second-order valence-corrected chi connectivity index (χ2v) is 3.79. The molecule has 0 saturated carbocycles. The van der Waals surface area contributed by atoms with Crippen LogP contribution in [0.3, 0.4) is 0 Å². The van der Waals surface area contributed by atoms with Crippen LogP contribution >= 0.6 is 0 Å². The van der Waals surface area contributed by atoms with Crippen LogP contribution in [0.2, 0.25) is 0 Å². The second-order valence-electron chi connectivity index (χ2n) is 3.79. The van der Waals surface area contributed by atoms with E-state index in [0.717, 1.165) is 26.1 Å². The average molecular weight is 196 g/mol. The molecule has 0 N–H and O–H groups in total. The molecule has 0 atom stereocenters. The Morgan fingerprint density at radius 1 is 1.50 bits per heavy atom. The predicted octanol–water partition coefficient (Wildman–Crippen LogP) is 2.58. The van der Waals surface area contributed by atoms with E-state index in [2.05, 4.69) is 18.1 Å². The maximum absolute atomic E-state index is 5.76. The van der Waals surface area contributed by atoms with Crippen LogP contribution in [-0.2, 0) is 4.74 Å². The molecular weight excluding hydrogens is 174 g/mol. The van der Waals surface area contributed by atoms with Crippen molar-refractivity contribution in [2.24, 2.45) is 0 Å². The zero-order valence-electron chi connectivity index (χ0n) is 9.30. The van der Waals surface area contributed by atoms with Gasteiger partial charge >= 0.3 is 5.90 Å². The topological polar surface area (TPSA) is 12.2 Å². The molecule has 0 fully saturated rings. The summed E-state index contributed by atoms with van der Waals surface area (Å²) in [6.45, 7) is 8.93. The van der Waals surface area contributed by atoms with E-state index in [9.17, 15) is 0 Å². The van der Waals surface area contributed by atoms with Crippen LogP contribution in [-0.4, -0.2) is 30.2 Å². The Labute approximate surface area is 87.3 Å². The summed E-state index contributed by atoms with van der Waals surface area (Å²) in [7, 11) is 0. The van der Waals surface area contributed by atoms with Crippen LogP contribution in [0.1, 0.15) is 39.0 Å². The van der Waals surface area contributed by atoms with Gasteiger partial charge in [-0.3, -0.25) is 0 Å². The largest absolute Gasteiger partial charge is 0.448 e. The average Bonchev–Trinajstić information content (AvgIpc) is 2.61. The zero-order valence-corrected chi connectivity index (χ0v) is 9.30. The molecule has 0 aromatic heterocycles. The highest BCUT2D eigenvalue weighted by atomic mass is 16.5. The van der Waals surface area contributed by atoms with Gasteiger partial charge in [0, 0.05) is 6.42 Å². The lowest BCUT2D eigenvalue weighted by Gasteiger charge is -2.03. The molecule has 0 amide bonds. The van der Waals surface area contributed by atoms with Crippen molar-refractivity contribution in [3.05, 3.63) is 12.7 Å². The van der Waals surface area contributed by atoms with Gasteiger partial charge in [0.1, 0.15) is 6.54 Å². The van der Waals surface area contributed by atoms with Crippen LogP contribution < -0.4 is 0 Å². The Bertz CT molecular complexity index is 208. The van der Waals surface area contributed by atoms with Crippen molar-refractivity contribution in [1.82, 2.24) is 0 Å². The van der Waals surface area contributed by atoms with E-state index in [1.54, 1.807) is 0 Å². The van der Waals surface area contributed by atoms with E-state index >= 15 is 0 Å². The molecule has 1 aliphatic heterocycles. The van der Waals surface area contributed by atoms with Gasteiger partial charge < -0.3 is 4.74 Å². The number of unbranched alkanes of at least 4 members (excludes halogenated alkanes) is 2. The van der Waals surface area contributed by atoms with Gasteiger partial charge in [0.2, 0.25) is 0 Å². The number of hydrogen-bond acceptors (Lipinski definition) is 1. The first-order chi connectivity index (χ1) is 6.88. The van der Waals surface area contributed by atoms with Crippen molar-refractivity contribution < 1.29 is 9.31 Å². The van der Waals surface area contributed by atoms with Crippen molar-refractivity contribution >= 4 is 5.90 Å². The molecule has 80 valence electrons. The Morgan fingerprint density at radius 3 is 3.07 bits per heavy atom. The Hall–Kier alpha value is -0.790. The van der Waals surface area contributed by atoms with Crippen LogP contribution in [0.25, 0.3) is 0 Å². The lowest BCUT2D eigenvalue weighted by molar-refractivity contribution is -0.517. The normalized spacial score (nSPS) is 16.1. The van der Waals surface area contributed by atoms with E-state index in [1.165, 1.54) is 31.6 Å². The summed E-state index contributed by atoms with van der Waals surface area (Å²) in [4.78, 5) is 0. The van der Waals surface area contributed by atoms with Gasteiger partial charge in [-0.15, -0.1) is 0 Å². The fourth-order valence-electron chi connectivity index (χ4n) is 1.76. The zero-order chi connectivity index (χ0) is 10.2. The molecule has 1 aliphatic rings. The molecule has 14 heavy (non-hydrogen) atoms. The summed E-state index contributed by atoms with van der Waals surface area (Å²) >= 11 is 0. The molecule has 0 radical (unpaired) electrons. The van der Waals surface area contributed by atoms with E-state index in [1.807, 2.05) is 6.08 Å². The van der Waals surface area contributed by atoms with Gasteiger partial charge in [-0.25, -0.2) is 0 Å². The summed E-state index contributed by atoms with van der Waals surface area (Å²) in [5.74, 6) is 1.18. The van der Waals surface area contributed by atoms with Crippen molar-refractivity contribution in [3.63, 3.8) is 0 Å². The van der Waals surface area contributed by atoms with Gasteiger partial charge in [0.05, 0.1) is 13.0 Å². The summed E-state index contributed by atoms with van der Waals surface area (Å²) in [5.41, 5.74) is 0. The minimum atomic E-state index is 0.886. The summed E-state index contributed by atoms with van der Waals surface area (Å²) in [6.07, 6.45) is 8.00. The highest BCUT2D eigenvalue weighted by molar-refractivity contribution is 5.71. The Balaban J connectivity index is 2.26. The minimum absolute atomic E-state index is 0.886. The molecule has 2 heteroatoms. The molecule has 0 aromatic rings. The van der Waals surface area contributed by atoms with Crippen molar-refractivity contribution in [1.29, 1.82) is 0 Å². The Kier molecular flexibility index (Phi) is 5.35. The molecule has 0 bridgehead atoms. The summed E-state index contributed by atoms with van der Waals surface area (Å²) < 4.78 is 8.06. The van der Waals surface area contributed by atoms with Gasteiger partial charge in [-0.2, -0.15) is 4.58 Å². The molecule has 0 spiro atoms. The maximum Gasteiger partial charge on any atom is 0.336 e. The molecular formula is C12H22NO+. The number of ether oxygens (including phenoxy) is 1. The van der Waals surface area contributed by atoms with Gasteiger partial charge in [-0.1, -0.05) is 26.3 Å². The lowest BCUT2D eigenvalue weighted by atomic mass is 10.3. The van der Waals surface area contributed by atoms with Gasteiger partial charge in [0.25, 0.3) is 0 Å². The van der Waals surface area contributed by atoms with E-state index in [4.69, 9.17) is 4.74 Å². The third kappa shape index (κ3) is 3.52. The number of nitrogens with zero attached hydrogens (tertiary/aromatic N) is 1. The minimum Gasteiger partial charge on any atom is -0.448 e. The highest BCUT2D eigenvalue weighted by Crippen LogP contribution is 2.06. The smallest absolute Gasteiger partial charge is 0.336 e. The van der Waals surface area contributed by atoms with E-state index in [-0.39, 0.29) is 0 Å². The van der Waals surface area contributed by atoms with Crippen molar-refractivity contribution in [2.45, 2.75) is 39.0 Å². The fourth-order valence-corrected chi connectivity index (χ4v) is 1.76. The third-order valence-corrected chi connectivity index (χ3v) is 2.54. The van der Waals surface area contributed by atoms with Crippen LogP contribution in [0.4, 0.5) is 0 Å². The van der Waals surface area contributed by atoms with Crippen LogP contribution in [0, 0.1) is 0 Å². The van der Waals surface area contributed by atoms with Gasteiger partial charge in [-0.05, 0) is 12.5 Å². The van der Waals surface area contributed by atoms with Crippen molar-refractivity contribution in [2.75, 3.05) is 19.7 Å². The Morgan fingerprint density at radius 2 is 2.36 bits per heavy atom. The van der Waals surface area contributed by atoms with Gasteiger partial charge in [0.15, 0.2) is 6.54 Å². The fraction of sp³-hybridized carbons (Fsp3) is 0.750. The SMILES string of the molecule is C=CC[N+]1=C(OCCCCC)CCC1. The highest BCUT2D eigenvalue weighted by Gasteiger charge is 2.22. The molecule has 0 unspecified atom stereocenters.